The van der Waals surface area contributed by atoms with Crippen LogP contribution in [0.5, 0.6) is 0 Å². The van der Waals surface area contributed by atoms with E-state index >= 15 is 0 Å². The molecule has 7 saturated carbocycles. The summed E-state index contributed by atoms with van der Waals surface area (Å²) < 4.78 is 0. The lowest BCUT2D eigenvalue weighted by Crippen LogP contribution is -2.58. The van der Waals surface area contributed by atoms with E-state index in [1.165, 1.54) is 77.0 Å². The van der Waals surface area contributed by atoms with Crippen LogP contribution in [0.4, 0.5) is 0 Å². The van der Waals surface area contributed by atoms with Gasteiger partial charge in [0.1, 0.15) is 0 Å². The SMILES string of the molecule is CC1CCC(/C=C/C2CCC(N(C3CCC(C)CC3)C3CCC4C5CCCCC5C5CCCC3C54)CC2)CC1. The molecule has 7 rings (SSSR count). The molecule has 0 saturated heterocycles. The Morgan fingerprint density at radius 3 is 1.49 bits per heavy atom. The minimum atomic E-state index is 0.876. The van der Waals surface area contributed by atoms with Gasteiger partial charge in [-0.25, -0.2) is 0 Å². The van der Waals surface area contributed by atoms with Crippen molar-refractivity contribution in [3.05, 3.63) is 12.2 Å². The lowest BCUT2D eigenvalue weighted by Gasteiger charge is -2.55. The van der Waals surface area contributed by atoms with Gasteiger partial charge < -0.3 is 0 Å². The first-order valence-electron chi connectivity index (χ1n) is 18.6. The van der Waals surface area contributed by atoms with Crippen molar-refractivity contribution < 1.29 is 0 Å². The summed E-state index contributed by atoms with van der Waals surface area (Å²) in [4.78, 5) is 3.33. The molecule has 0 heterocycles. The molecule has 39 heavy (non-hydrogen) atoms. The molecule has 1 nitrogen and oxygen atoms in total. The summed E-state index contributed by atoms with van der Waals surface area (Å²) in [6.45, 7) is 4.99. The number of hydrogen-bond acceptors (Lipinski definition) is 1. The smallest absolute Gasteiger partial charge is 0.0132 e. The lowest BCUT2D eigenvalue weighted by molar-refractivity contribution is -0.0591. The number of fused-ring (bicyclic) bond motifs is 3. The highest BCUT2D eigenvalue weighted by molar-refractivity contribution is 5.09. The van der Waals surface area contributed by atoms with Crippen LogP contribution in [0.1, 0.15) is 149 Å². The monoisotopic (exact) mass is 533 g/mol. The second-order valence-electron chi connectivity index (χ2n) is 16.6. The summed E-state index contributed by atoms with van der Waals surface area (Å²) >= 11 is 0. The predicted molar refractivity (Wildman–Crippen MR) is 166 cm³/mol. The standard InChI is InChI=1S/C38H63N/c1-26-10-14-28(15-11-26)16-17-29-18-22-31(23-19-29)39(30-20-12-27(2)13-21-30)37-25-24-35-33-7-4-3-6-32(33)34-8-5-9-36(37)38(34)35/h16-17,26-38H,3-15,18-25H2,1-2H3/b17-16+. The number of nitrogens with zero attached hydrogens (tertiary/aromatic N) is 1. The van der Waals surface area contributed by atoms with E-state index in [0.29, 0.717) is 0 Å². The summed E-state index contributed by atoms with van der Waals surface area (Å²) in [7, 11) is 0. The highest BCUT2D eigenvalue weighted by Crippen LogP contribution is 2.63. The molecule has 0 radical (unpaired) electrons. The third-order valence-electron chi connectivity index (χ3n) is 14.5. The molecule has 0 N–H and O–H groups in total. The average molecular weight is 534 g/mol. The lowest BCUT2D eigenvalue weighted by atomic mass is 9.61. The molecule has 7 aliphatic rings. The fourth-order valence-electron chi connectivity index (χ4n) is 12.5. The highest BCUT2D eigenvalue weighted by atomic mass is 15.2. The molecular formula is C38H63N. The van der Waals surface area contributed by atoms with Crippen molar-refractivity contribution >= 4 is 0 Å². The van der Waals surface area contributed by atoms with Crippen molar-refractivity contribution in [3.63, 3.8) is 0 Å². The maximum absolute atomic E-state index is 3.33. The normalized spacial score (nSPS) is 50.6. The molecule has 0 aromatic heterocycles. The van der Waals surface area contributed by atoms with Crippen molar-refractivity contribution in [2.75, 3.05) is 0 Å². The molecule has 0 aliphatic heterocycles. The Hall–Kier alpha value is -0.300. The van der Waals surface area contributed by atoms with E-state index in [2.05, 4.69) is 30.9 Å². The van der Waals surface area contributed by atoms with Crippen LogP contribution in [0.15, 0.2) is 12.2 Å². The van der Waals surface area contributed by atoms with Crippen LogP contribution in [0.3, 0.4) is 0 Å². The van der Waals surface area contributed by atoms with Gasteiger partial charge in [0.2, 0.25) is 0 Å². The Morgan fingerprint density at radius 2 is 0.872 bits per heavy atom. The minimum absolute atomic E-state index is 0.876. The summed E-state index contributed by atoms with van der Waals surface area (Å²) in [5.41, 5.74) is 0. The van der Waals surface area contributed by atoms with Crippen LogP contribution in [0, 0.1) is 59.2 Å². The third kappa shape index (κ3) is 5.59. The zero-order valence-corrected chi connectivity index (χ0v) is 26.0. The van der Waals surface area contributed by atoms with Crippen LogP contribution in [0.25, 0.3) is 0 Å². The summed E-state index contributed by atoms with van der Waals surface area (Å²) in [5.74, 6) is 10.4. The van der Waals surface area contributed by atoms with E-state index in [0.717, 1.165) is 77.3 Å². The van der Waals surface area contributed by atoms with Crippen molar-refractivity contribution in [1.29, 1.82) is 0 Å². The Bertz CT molecular complexity index is 793. The Morgan fingerprint density at radius 1 is 0.410 bits per heavy atom. The first kappa shape index (κ1) is 27.5. The topological polar surface area (TPSA) is 3.24 Å². The van der Waals surface area contributed by atoms with E-state index in [4.69, 9.17) is 0 Å². The fourth-order valence-corrected chi connectivity index (χ4v) is 12.5. The van der Waals surface area contributed by atoms with Gasteiger partial charge in [-0.05, 0) is 162 Å². The predicted octanol–water partition coefficient (Wildman–Crippen LogP) is 10.4. The fraction of sp³-hybridized carbons (Fsp3) is 0.947. The summed E-state index contributed by atoms with van der Waals surface area (Å²) in [6.07, 6.45) is 37.4. The van der Waals surface area contributed by atoms with E-state index in [9.17, 15) is 0 Å². The van der Waals surface area contributed by atoms with Gasteiger partial charge in [0.15, 0.2) is 0 Å². The Balaban J connectivity index is 1.06. The zero-order valence-electron chi connectivity index (χ0n) is 26.0. The molecule has 220 valence electrons. The summed E-state index contributed by atoms with van der Waals surface area (Å²) in [6, 6.07) is 2.75. The maximum Gasteiger partial charge on any atom is 0.0132 e. The third-order valence-corrected chi connectivity index (χ3v) is 14.5. The van der Waals surface area contributed by atoms with Gasteiger partial charge in [0.05, 0.1) is 0 Å². The van der Waals surface area contributed by atoms with E-state index in [-0.39, 0.29) is 0 Å². The van der Waals surface area contributed by atoms with Gasteiger partial charge in [-0.1, -0.05) is 58.1 Å². The van der Waals surface area contributed by atoms with Crippen molar-refractivity contribution in [2.24, 2.45) is 59.2 Å². The van der Waals surface area contributed by atoms with Crippen LogP contribution in [-0.2, 0) is 0 Å². The quantitative estimate of drug-likeness (QED) is 0.318. The van der Waals surface area contributed by atoms with Gasteiger partial charge in [-0.3, -0.25) is 4.90 Å². The number of rotatable bonds is 5. The average Bonchev–Trinajstić information content (AvgIpc) is 3.31. The molecule has 0 aromatic carbocycles. The Kier molecular flexibility index (Phi) is 8.56. The van der Waals surface area contributed by atoms with E-state index in [1.54, 1.807) is 57.8 Å². The molecule has 0 spiro atoms. The second-order valence-corrected chi connectivity index (χ2v) is 16.6. The van der Waals surface area contributed by atoms with Crippen LogP contribution in [0.2, 0.25) is 0 Å². The molecule has 7 atom stereocenters. The van der Waals surface area contributed by atoms with Gasteiger partial charge in [0, 0.05) is 18.1 Å². The molecule has 7 aliphatic carbocycles. The molecule has 7 fully saturated rings. The van der Waals surface area contributed by atoms with Crippen molar-refractivity contribution in [3.8, 4) is 0 Å². The van der Waals surface area contributed by atoms with Crippen molar-refractivity contribution in [2.45, 2.75) is 167 Å². The van der Waals surface area contributed by atoms with Gasteiger partial charge in [-0.15, -0.1) is 0 Å². The first-order chi connectivity index (χ1) is 19.2. The zero-order chi connectivity index (χ0) is 26.3. The Labute approximate surface area is 242 Å². The molecular weight excluding hydrogens is 470 g/mol. The molecule has 0 aromatic rings. The first-order valence-corrected chi connectivity index (χ1v) is 18.6. The highest BCUT2D eigenvalue weighted by Gasteiger charge is 2.58. The van der Waals surface area contributed by atoms with Crippen molar-refractivity contribution in [1.82, 2.24) is 4.90 Å². The summed E-state index contributed by atoms with van der Waals surface area (Å²) in [5, 5.41) is 0. The second kappa shape index (κ2) is 12.1. The van der Waals surface area contributed by atoms with E-state index in [1.807, 2.05) is 0 Å². The van der Waals surface area contributed by atoms with Gasteiger partial charge >= 0.3 is 0 Å². The number of allylic oxidation sites excluding steroid dienone is 2. The van der Waals surface area contributed by atoms with E-state index < -0.39 is 0 Å². The molecule has 1 heteroatoms. The minimum Gasteiger partial charge on any atom is -0.294 e. The molecule has 0 amide bonds. The molecule has 0 bridgehead atoms. The van der Waals surface area contributed by atoms with Gasteiger partial charge in [-0.2, -0.15) is 0 Å². The molecule has 7 unspecified atom stereocenters. The van der Waals surface area contributed by atoms with Gasteiger partial charge in [0.25, 0.3) is 0 Å². The van der Waals surface area contributed by atoms with Crippen LogP contribution >= 0.6 is 0 Å². The van der Waals surface area contributed by atoms with Crippen LogP contribution in [-0.4, -0.2) is 23.0 Å². The maximum atomic E-state index is 3.33. The largest absolute Gasteiger partial charge is 0.294 e. The van der Waals surface area contributed by atoms with Crippen LogP contribution < -0.4 is 0 Å². The number of hydrogen-bond donors (Lipinski definition) is 0.